The lowest BCUT2D eigenvalue weighted by Gasteiger charge is -2.31. The van der Waals surface area contributed by atoms with Crippen LogP contribution in [0, 0.1) is 5.92 Å². The highest BCUT2D eigenvalue weighted by molar-refractivity contribution is 5.57. The monoisotopic (exact) mass is 225 g/mol. The molecule has 1 atom stereocenters. The lowest BCUT2D eigenvalue weighted by Crippen LogP contribution is -2.41. The zero-order valence-electron chi connectivity index (χ0n) is 11.3. The number of hydrogen-bond donors (Lipinski definition) is 0. The number of rotatable bonds is 7. The normalized spacial score (nSPS) is 20.2. The Hall–Kier alpha value is -0.730. The summed E-state index contributed by atoms with van der Waals surface area (Å²) in [7, 11) is 0. The molecule has 0 aromatic heterocycles. The van der Waals surface area contributed by atoms with Crippen molar-refractivity contribution in [1.82, 2.24) is 9.91 Å². The quantitative estimate of drug-likeness (QED) is 0.663. The second kappa shape index (κ2) is 6.77. The Bertz CT molecular complexity index is 213. The third-order valence-corrected chi connectivity index (χ3v) is 2.98. The van der Waals surface area contributed by atoms with Gasteiger partial charge in [0, 0.05) is 13.1 Å². The van der Waals surface area contributed by atoms with Gasteiger partial charge in [-0.1, -0.05) is 34.1 Å². The Morgan fingerprint density at radius 3 is 2.50 bits per heavy atom. The number of nitrogens with zero attached hydrogens (tertiary/aromatic N) is 3. The summed E-state index contributed by atoms with van der Waals surface area (Å²) in [5, 5.41) is 6.79. The van der Waals surface area contributed by atoms with Crippen LogP contribution in [0.5, 0.6) is 0 Å². The summed E-state index contributed by atoms with van der Waals surface area (Å²) in [6.07, 6.45) is 7.45. The fourth-order valence-corrected chi connectivity index (χ4v) is 2.12. The van der Waals surface area contributed by atoms with Crippen LogP contribution in [0.4, 0.5) is 0 Å². The minimum absolute atomic E-state index is 0.506. The molecule has 1 aliphatic heterocycles. The molecule has 0 radical (unpaired) electrons. The van der Waals surface area contributed by atoms with Crippen LogP contribution in [0.15, 0.2) is 5.10 Å². The number of hydrazone groups is 1. The van der Waals surface area contributed by atoms with E-state index < -0.39 is 0 Å². The summed E-state index contributed by atoms with van der Waals surface area (Å²) in [6.45, 7) is 11.3. The van der Waals surface area contributed by atoms with Crippen molar-refractivity contribution in [2.75, 3.05) is 13.1 Å². The highest BCUT2D eigenvalue weighted by Crippen LogP contribution is 2.20. The van der Waals surface area contributed by atoms with Crippen molar-refractivity contribution >= 4 is 6.34 Å². The Morgan fingerprint density at radius 2 is 1.94 bits per heavy atom. The van der Waals surface area contributed by atoms with E-state index in [1.807, 2.05) is 6.34 Å². The SMILES string of the molecule is CCCCN1C=NN(CCC)C1CC(C)C. The predicted molar refractivity (Wildman–Crippen MR) is 70.3 cm³/mol. The molecule has 0 aliphatic carbocycles. The molecular weight excluding hydrogens is 198 g/mol. The van der Waals surface area contributed by atoms with Crippen LogP contribution in [0.2, 0.25) is 0 Å². The Labute approximate surface area is 100 Å². The molecule has 94 valence electrons. The van der Waals surface area contributed by atoms with Gasteiger partial charge in [0.15, 0.2) is 0 Å². The molecule has 1 unspecified atom stereocenters. The molecule has 3 nitrogen and oxygen atoms in total. The van der Waals surface area contributed by atoms with E-state index in [-0.39, 0.29) is 0 Å². The molecule has 0 saturated carbocycles. The molecule has 0 spiro atoms. The lowest BCUT2D eigenvalue weighted by molar-refractivity contribution is 0.109. The van der Waals surface area contributed by atoms with Gasteiger partial charge in [0.05, 0.1) is 0 Å². The zero-order valence-corrected chi connectivity index (χ0v) is 11.3. The van der Waals surface area contributed by atoms with Crippen molar-refractivity contribution in [2.45, 2.75) is 59.5 Å². The molecule has 0 fully saturated rings. The fourth-order valence-electron chi connectivity index (χ4n) is 2.12. The Morgan fingerprint density at radius 1 is 1.19 bits per heavy atom. The summed E-state index contributed by atoms with van der Waals surface area (Å²) >= 11 is 0. The molecule has 16 heavy (non-hydrogen) atoms. The molecule has 1 aliphatic rings. The van der Waals surface area contributed by atoms with Crippen LogP contribution in [-0.4, -0.2) is 35.5 Å². The molecule has 0 amide bonds. The lowest BCUT2D eigenvalue weighted by atomic mass is 10.1. The van der Waals surface area contributed by atoms with Crippen LogP contribution < -0.4 is 0 Å². The van der Waals surface area contributed by atoms with Gasteiger partial charge in [-0.05, 0) is 25.2 Å². The van der Waals surface area contributed by atoms with Gasteiger partial charge in [-0.2, -0.15) is 5.10 Å². The zero-order chi connectivity index (χ0) is 12.0. The topological polar surface area (TPSA) is 18.8 Å². The van der Waals surface area contributed by atoms with Crippen LogP contribution in [0.1, 0.15) is 53.4 Å². The molecule has 0 saturated heterocycles. The van der Waals surface area contributed by atoms with E-state index in [0.717, 1.165) is 19.0 Å². The maximum Gasteiger partial charge on any atom is 0.119 e. The van der Waals surface area contributed by atoms with Crippen molar-refractivity contribution in [3.63, 3.8) is 0 Å². The average molecular weight is 225 g/mol. The Balaban J connectivity index is 2.52. The molecule has 0 aromatic rings. The third kappa shape index (κ3) is 3.69. The van der Waals surface area contributed by atoms with Crippen molar-refractivity contribution in [2.24, 2.45) is 11.0 Å². The van der Waals surface area contributed by atoms with Gasteiger partial charge in [-0.25, -0.2) is 0 Å². The van der Waals surface area contributed by atoms with Gasteiger partial charge < -0.3 is 4.90 Å². The van der Waals surface area contributed by atoms with Crippen LogP contribution in [0.3, 0.4) is 0 Å². The van der Waals surface area contributed by atoms with Crippen molar-refractivity contribution in [3.8, 4) is 0 Å². The molecule has 1 rings (SSSR count). The van der Waals surface area contributed by atoms with Gasteiger partial charge in [0.2, 0.25) is 0 Å². The molecule has 0 N–H and O–H groups in total. The second-order valence-corrected chi connectivity index (χ2v) is 5.10. The van der Waals surface area contributed by atoms with E-state index in [4.69, 9.17) is 0 Å². The molecular formula is C13H27N3. The smallest absolute Gasteiger partial charge is 0.119 e. The van der Waals surface area contributed by atoms with Gasteiger partial charge in [0.25, 0.3) is 0 Å². The molecule has 0 aromatic carbocycles. The minimum atomic E-state index is 0.506. The van der Waals surface area contributed by atoms with Gasteiger partial charge in [-0.15, -0.1) is 0 Å². The van der Waals surface area contributed by atoms with Gasteiger partial charge >= 0.3 is 0 Å². The van der Waals surface area contributed by atoms with Crippen LogP contribution in [-0.2, 0) is 0 Å². The van der Waals surface area contributed by atoms with Crippen molar-refractivity contribution < 1.29 is 0 Å². The van der Waals surface area contributed by atoms with Gasteiger partial charge in [-0.3, -0.25) is 5.01 Å². The highest BCUT2D eigenvalue weighted by atomic mass is 15.6. The first kappa shape index (κ1) is 13.3. The minimum Gasteiger partial charge on any atom is -0.339 e. The summed E-state index contributed by atoms with van der Waals surface area (Å²) in [5.74, 6) is 0.732. The average Bonchev–Trinajstić information content (AvgIpc) is 2.59. The standard InChI is InChI=1S/C13H27N3/c1-5-7-9-15-11-14-16(8-6-2)13(15)10-12(3)4/h11-13H,5-10H2,1-4H3. The third-order valence-electron chi connectivity index (χ3n) is 2.98. The molecule has 0 bridgehead atoms. The second-order valence-electron chi connectivity index (χ2n) is 5.10. The summed E-state index contributed by atoms with van der Waals surface area (Å²) < 4.78 is 0. The Kier molecular flexibility index (Phi) is 5.64. The van der Waals surface area contributed by atoms with E-state index in [9.17, 15) is 0 Å². The highest BCUT2D eigenvalue weighted by Gasteiger charge is 2.27. The maximum atomic E-state index is 4.53. The first-order valence-corrected chi connectivity index (χ1v) is 6.75. The fraction of sp³-hybridized carbons (Fsp3) is 0.923. The maximum absolute atomic E-state index is 4.53. The van der Waals surface area contributed by atoms with E-state index in [1.165, 1.54) is 25.7 Å². The summed E-state index contributed by atoms with van der Waals surface area (Å²) in [5.41, 5.74) is 0. The van der Waals surface area contributed by atoms with Crippen LogP contribution in [0.25, 0.3) is 0 Å². The van der Waals surface area contributed by atoms with E-state index >= 15 is 0 Å². The van der Waals surface area contributed by atoms with Crippen LogP contribution >= 0.6 is 0 Å². The number of unbranched alkanes of at least 4 members (excludes halogenated alkanes) is 1. The number of hydrogen-bond acceptors (Lipinski definition) is 3. The first-order valence-electron chi connectivity index (χ1n) is 6.75. The first-order chi connectivity index (χ1) is 7.69. The van der Waals surface area contributed by atoms with Crippen molar-refractivity contribution in [1.29, 1.82) is 0 Å². The molecule has 3 heteroatoms. The van der Waals surface area contributed by atoms with E-state index in [2.05, 4.69) is 42.7 Å². The van der Waals surface area contributed by atoms with Crippen molar-refractivity contribution in [3.05, 3.63) is 0 Å². The summed E-state index contributed by atoms with van der Waals surface area (Å²) in [4.78, 5) is 2.42. The largest absolute Gasteiger partial charge is 0.339 e. The summed E-state index contributed by atoms with van der Waals surface area (Å²) in [6, 6.07) is 0. The van der Waals surface area contributed by atoms with E-state index in [1.54, 1.807) is 0 Å². The van der Waals surface area contributed by atoms with Gasteiger partial charge in [0.1, 0.15) is 12.5 Å². The predicted octanol–water partition coefficient (Wildman–Crippen LogP) is 3.13. The van der Waals surface area contributed by atoms with E-state index in [0.29, 0.717) is 6.17 Å². The molecule has 1 heterocycles.